The van der Waals surface area contributed by atoms with E-state index in [9.17, 15) is 0 Å². The first-order valence-corrected chi connectivity index (χ1v) is 3.04. The molecule has 0 aliphatic carbocycles. The van der Waals surface area contributed by atoms with Crippen LogP contribution in [0.4, 0.5) is 0 Å². The Bertz CT molecular complexity index is 184. The van der Waals surface area contributed by atoms with Gasteiger partial charge in [0.1, 0.15) is 5.76 Å². The van der Waals surface area contributed by atoms with Crippen molar-refractivity contribution in [3.63, 3.8) is 0 Å². The standard InChI is InChI=1S/C7H11BO3/c1-6(8(9)10)4-5-7(2)11-3/h4-5,9-10H,1-2H2,3H3/b5-4-. The monoisotopic (exact) mass is 154 g/mol. The van der Waals surface area contributed by atoms with Crippen LogP contribution >= 0.6 is 0 Å². The minimum Gasteiger partial charge on any atom is -0.497 e. The molecule has 2 N–H and O–H groups in total. The van der Waals surface area contributed by atoms with Crippen LogP contribution in [0.15, 0.2) is 36.5 Å². The summed E-state index contributed by atoms with van der Waals surface area (Å²) in [5, 5.41) is 17.1. The molecular formula is C7H11BO3. The maximum atomic E-state index is 8.54. The van der Waals surface area contributed by atoms with Crippen molar-refractivity contribution in [2.24, 2.45) is 0 Å². The minimum absolute atomic E-state index is 0.197. The third-order valence-electron chi connectivity index (χ3n) is 1.08. The van der Waals surface area contributed by atoms with Crippen LogP contribution < -0.4 is 0 Å². The van der Waals surface area contributed by atoms with Gasteiger partial charge in [0, 0.05) is 0 Å². The molecule has 0 atom stereocenters. The van der Waals surface area contributed by atoms with Crippen molar-refractivity contribution in [1.82, 2.24) is 0 Å². The van der Waals surface area contributed by atoms with Crippen molar-refractivity contribution in [1.29, 1.82) is 0 Å². The van der Waals surface area contributed by atoms with Gasteiger partial charge in [-0.15, -0.1) is 0 Å². The number of allylic oxidation sites excluding steroid dienone is 3. The van der Waals surface area contributed by atoms with Gasteiger partial charge in [0.05, 0.1) is 7.11 Å². The molecule has 0 heterocycles. The van der Waals surface area contributed by atoms with E-state index in [1.807, 2.05) is 0 Å². The summed E-state index contributed by atoms with van der Waals surface area (Å²) >= 11 is 0. The van der Waals surface area contributed by atoms with E-state index < -0.39 is 7.12 Å². The fourth-order valence-electron chi connectivity index (χ4n) is 0.354. The summed E-state index contributed by atoms with van der Waals surface area (Å²) in [6.07, 6.45) is 2.93. The zero-order valence-corrected chi connectivity index (χ0v) is 6.45. The fourth-order valence-corrected chi connectivity index (χ4v) is 0.354. The normalized spacial score (nSPS) is 9.73. The molecule has 0 radical (unpaired) electrons. The molecule has 0 aliphatic rings. The lowest BCUT2D eigenvalue weighted by atomic mass is 9.80. The van der Waals surface area contributed by atoms with E-state index in [-0.39, 0.29) is 5.47 Å². The fraction of sp³-hybridized carbons (Fsp3) is 0.143. The SMILES string of the molecule is C=C(/C=C\C(=C)B(O)O)OC. The van der Waals surface area contributed by atoms with Gasteiger partial charge < -0.3 is 14.8 Å². The van der Waals surface area contributed by atoms with Crippen LogP contribution in [0.3, 0.4) is 0 Å². The molecule has 60 valence electrons. The second kappa shape index (κ2) is 4.76. The van der Waals surface area contributed by atoms with E-state index in [0.29, 0.717) is 5.76 Å². The quantitative estimate of drug-likeness (QED) is 0.347. The maximum absolute atomic E-state index is 8.54. The molecule has 0 aliphatic heterocycles. The molecule has 0 amide bonds. The molecule has 0 fully saturated rings. The van der Waals surface area contributed by atoms with Gasteiger partial charge in [-0.1, -0.05) is 19.2 Å². The summed E-state index contributed by atoms with van der Waals surface area (Å²) in [6, 6.07) is 0. The Morgan fingerprint density at radius 3 is 2.27 bits per heavy atom. The Hall–Kier alpha value is -0.995. The smallest absolute Gasteiger partial charge is 0.487 e. The largest absolute Gasteiger partial charge is 0.497 e. The van der Waals surface area contributed by atoms with Crippen molar-refractivity contribution < 1.29 is 14.8 Å². The molecule has 0 spiro atoms. The first-order valence-electron chi connectivity index (χ1n) is 3.04. The Labute approximate surface area is 66.5 Å². The second-order valence-electron chi connectivity index (χ2n) is 1.95. The minimum atomic E-state index is -1.52. The summed E-state index contributed by atoms with van der Waals surface area (Å²) < 4.78 is 4.69. The van der Waals surface area contributed by atoms with Crippen LogP contribution in [0, 0.1) is 0 Å². The molecule has 0 unspecified atom stereocenters. The molecule has 0 aromatic rings. The predicted molar refractivity (Wildman–Crippen MR) is 44.6 cm³/mol. The van der Waals surface area contributed by atoms with Crippen molar-refractivity contribution in [3.8, 4) is 0 Å². The highest BCUT2D eigenvalue weighted by Gasteiger charge is 2.07. The van der Waals surface area contributed by atoms with Crippen LogP contribution in [0.1, 0.15) is 0 Å². The highest BCUT2D eigenvalue weighted by atomic mass is 16.5. The Balaban J connectivity index is 3.93. The van der Waals surface area contributed by atoms with Gasteiger partial charge in [-0.3, -0.25) is 0 Å². The van der Waals surface area contributed by atoms with E-state index >= 15 is 0 Å². The van der Waals surface area contributed by atoms with Crippen LogP contribution in [0.2, 0.25) is 0 Å². The number of rotatable bonds is 4. The highest BCUT2D eigenvalue weighted by molar-refractivity contribution is 6.51. The molecule has 3 nitrogen and oxygen atoms in total. The second-order valence-corrected chi connectivity index (χ2v) is 1.95. The van der Waals surface area contributed by atoms with Crippen LogP contribution in [0.25, 0.3) is 0 Å². The first-order chi connectivity index (χ1) is 5.07. The Kier molecular flexibility index (Phi) is 4.33. The molecule has 0 aromatic carbocycles. The lowest BCUT2D eigenvalue weighted by molar-refractivity contribution is 0.309. The van der Waals surface area contributed by atoms with Crippen molar-refractivity contribution >= 4 is 7.12 Å². The van der Waals surface area contributed by atoms with Gasteiger partial charge in [-0.25, -0.2) is 0 Å². The molecule has 0 bridgehead atoms. The number of methoxy groups -OCH3 is 1. The zero-order chi connectivity index (χ0) is 8.85. The zero-order valence-electron chi connectivity index (χ0n) is 6.45. The van der Waals surface area contributed by atoms with Crippen molar-refractivity contribution in [2.75, 3.05) is 7.11 Å². The van der Waals surface area contributed by atoms with Crippen molar-refractivity contribution in [2.45, 2.75) is 0 Å². The van der Waals surface area contributed by atoms with Crippen LogP contribution in [-0.2, 0) is 4.74 Å². The van der Waals surface area contributed by atoms with Crippen LogP contribution in [0.5, 0.6) is 0 Å². The van der Waals surface area contributed by atoms with E-state index in [1.165, 1.54) is 19.3 Å². The lowest BCUT2D eigenvalue weighted by Crippen LogP contribution is -2.12. The molecular weight excluding hydrogens is 143 g/mol. The first kappa shape index (κ1) is 10.0. The average molecular weight is 154 g/mol. The van der Waals surface area contributed by atoms with Crippen LogP contribution in [-0.4, -0.2) is 24.3 Å². The van der Waals surface area contributed by atoms with Gasteiger partial charge in [0.25, 0.3) is 0 Å². The molecule has 11 heavy (non-hydrogen) atoms. The Morgan fingerprint density at radius 1 is 1.36 bits per heavy atom. The van der Waals surface area contributed by atoms with E-state index in [0.717, 1.165) is 0 Å². The van der Waals surface area contributed by atoms with Gasteiger partial charge in [0.2, 0.25) is 0 Å². The maximum Gasteiger partial charge on any atom is 0.487 e. The number of hydrogen-bond acceptors (Lipinski definition) is 3. The lowest BCUT2D eigenvalue weighted by Gasteiger charge is -1.97. The summed E-state index contributed by atoms with van der Waals surface area (Å²) in [5.74, 6) is 0.437. The molecule has 0 saturated carbocycles. The van der Waals surface area contributed by atoms with E-state index in [1.54, 1.807) is 0 Å². The number of hydrogen-bond donors (Lipinski definition) is 2. The summed E-state index contributed by atoms with van der Waals surface area (Å²) in [5.41, 5.74) is 0.197. The molecule has 0 aromatic heterocycles. The average Bonchev–Trinajstić information content (AvgIpc) is 1.99. The summed E-state index contributed by atoms with van der Waals surface area (Å²) in [4.78, 5) is 0. The third kappa shape index (κ3) is 4.41. The highest BCUT2D eigenvalue weighted by Crippen LogP contribution is 1.98. The van der Waals surface area contributed by atoms with E-state index in [4.69, 9.17) is 14.8 Å². The predicted octanol–water partition coefficient (Wildman–Crippen LogP) is 0.271. The molecule has 0 rings (SSSR count). The van der Waals surface area contributed by atoms with Crippen molar-refractivity contribution in [3.05, 3.63) is 36.5 Å². The van der Waals surface area contributed by atoms with Gasteiger partial charge in [-0.05, 0) is 11.5 Å². The topological polar surface area (TPSA) is 49.7 Å². The Morgan fingerprint density at radius 2 is 1.91 bits per heavy atom. The van der Waals surface area contributed by atoms with Gasteiger partial charge in [0.15, 0.2) is 0 Å². The molecule has 4 heteroatoms. The summed E-state index contributed by atoms with van der Waals surface area (Å²) in [7, 11) is -0.0407. The van der Waals surface area contributed by atoms with E-state index in [2.05, 4.69) is 13.2 Å². The third-order valence-corrected chi connectivity index (χ3v) is 1.08. The number of ether oxygens (including phenoxy) is 1. The van der Waals surface area contributed by atoms with Gasteiger partial charge in [-0.2, -0.15) is 0 Å². The summed E-state index contributed by atoms with van der Waals surface area (Å²) in [6.45, 7) is 6.87. The molecule has 0 saturated heterocycles. The van der Waals surface area contributed by atoms with Gasteiger partial charge >= 0.3 is 7.12 Å².